The number of nitrogens with one attached hydrogen (secondary N) is 1. The van der Waals surface area contributed by atoms with Gasteiger partial charge in [-0.2, -0.15) is 0 Å². The number of aromatic amines is 1. The SMILES string of the molecule is [N-]=[N+]=NCc1cccc(-c2ncc[nH]2)n1. The Morgan fingerprint density at radius 1 is 1.47 bits per heavy atom. The molecule has 0 saturated carbocycles. The van der Waals surface area contributed by atoms with Gasteiger partial charge in [-0.1, -0.05) is 11.2 Å². The third-order valence-corrected chi connectivity index (χ3v) is 1.84. The second kappa shape index (κ2) is 4.26. The van der Waals surface area contributed by atoms with Crippen LogP contribution in [-0.2, 0) is 6.54 Å². The van der Waals surface area contributed by atoms with Gasteiger partial charge in [0, 0.05) is 23.0 Å². The number of hydrogen-bond acceptors (Lipinski definition) is 3. The minimum Gasteiger partial charge on any atom is -0.343 e. The standard InChI is InChI=1S/C9H8N6/c10-15-13-6-7-2-1-3-8(14-7)9-11-4-5-12-9/h1-5H,6H2,(H,11,12). The Morgan fingerprint density at radius 2 is 2.40 bits per heavy atom. The maximum atomic E-state index is 8.19. The first-order valence-corrected chi connectivity index (χ1v) is 4.36. The van der Waals surface area contributed by atoms with E-state index >= 15 is 0 Å². The summed E-state index contributed by atoms with van der Waals surface area (Å²) in [5.41, 5.74) is 9.66. The Kier molecular flexibility index (Phi) is 2.62. The predicted octanol–water partition coefficient (Wildman–Crippen LogP) is 2.28. The van der Waals surface area contributed by atoms with Crippen LogP contribution in [0.1, 0.15) is 5.69 Å². The topological polar surface area (TPSA) is 90.3 Å². The number of imidazole rings is 1. The lowest BCUT2D eigenvalue weighted by Crippen LogP contribution is -1.91. The van der Waals surface area contributed by atoms with E-state index in [2.05, 4.69) is 25.0 Å². The summed E-state index contributed by atoms with van der Waals surface area (Å²) in [4.78, 5) is 14.0. The van der Waals surface area contributed by atoms with Crippen LogP contribution >= 0.6 is 0 Å². The maximum Gasteiger partial charge on any atom is 0.155 e. The molecule has 0 amide bonds. The molecule has 0 saturated heterocycles. The van der Waals surface area contributed by atoms with E-state index in [1.807, 2.05) is 12.1 Å². The van der Waals surface area contributed by atoms with Crippen molar-refractivity contribution in [3.63, 3.8) is 0 Å². The fourth-order valence-corrected chi connectivity index (χ4v) is 1.21. The van der Waals surface area contributed by atoms with Crippen LogP contribution < -0.4 is 0 Å². The molecule has 6 nitrogen and oxygen atoms in total. The summed E-state index contributed by atoms with van der Waals surface area (Å²) in [6.45, 7) is 0.255. The second-order valence-corrected chi connectivity index (χ2v) is 2.84. The number of nitrogens with zero attached hydrogens (tertiary/aromatic N) is 5. The fourth-order valence-electron chi connectivity index (χ4n) is 1.21. The van der Waals surface area contributed by atoms with Gasteiger partial charge < -0.3 is 4.98 Å². The molecule has 0 bridgehead atoms. The Balaban J connectivity index is 2.30. The highest BCUT2D eigenvalue weighted by molar-refractivity contribution is 5.48. The van der Waals surface area contributed by atoms with Gasteiger partial charge in [0.05, 0.1) is 6.54 Å². The summed E-state index contributed by atoms with van der Waals surface area (Å²) >= 11 is 0. The van der Waals surface area contributed by atoms with Gasteiger partial charge in [0.25, 0.3) is 0 Å². The minimum absolute atomic E-state index is 0.255. The van der Waals surface area contributed by atoms with Crippen LogP contribution in [0.3, 0.4) is 0 Å². The van der Waals surface area contributed by atoms with E-state index in [0.717, 1.165) is 11.4 Å². The molecule has 0 radical (unpaired) electrons. The van der Waals surface area contributed by atoms with Crippen molar-refractivity contribution in [1.29, 1.82) is 0 Å². The molecule has 0 aliphatic heterocycles. The smallest absolute Gasteiger partial charge is 0.155 e. The van der Waals surface area contributed by atoms with Crippen molar-refractivity contribution >= 4 is 0 Å². The quantitative estimate of drug-likeness (QED) is 0.467. The van der Waals surface area contributed by atoms with Crippen molar-refractivity contribution in [1.82, 2.24) is 15.0 Å². The number of rotatable bonds is 3. The monoisotopic (exact) mass is 200 g/mol. The molecule has 0 spiro atoms. The van der Waals surface area contributed by atoms with Crippen molar-refractivity contribution in [2.45, 2.75) is 6.54 Å². The molecule has 2 heterocycles. The zero-order valence-corrected chi connectivity index (χ0v) is 7.83. The van der Waals surface area contributed by atoms with E-state index in [4.69, 9.17) is 5.53 Å². The van der Waals surface area contributed by atoms with Crippen LogP contribution in [0, 0.1) is 0 Å². The first-order valence-electron chi connectivity index (χ1n) is 4.36. The highest BCUT2D eigenvalue weighted by atomic mass is 15.1. The van der Waals surface area contributed by atoms with Gasteiger partial charge in [-0.15, -0.1) is 0 Å². The third-order valence-electron chi connectivity index (χ3n) is 1.84. The number of azide groups is 1. The molecule has 2 rings (SSSR count). The van der Waals surface area contributed by atoms with Crippen LogP contribution in [0.5, 0.6) is 0 Å². The molecular formula is C9H8N6. The van der Waals surface area contributed by atoms with Gasteiger partial charge in [-0.05, 0) is 17.7 Å². The molecule has 0 unspecified atom stereocenters. The molecule has 0 atom stereocenters. The summed E-state index contributed by atoms with van der Waals surface area (Å²) in [7, 11) is 0. The van der Waals surface area contributed by atoms with Crippen molar-refractivity contribution in [2.24, 2.45) is 5.11 Å². The van der Waals surface area contributed by atoms with Gasteiger partial charge in [0.2, 0.25) is 0 Å². The average Bonchev–Trinajstić information content (AvgIpc) is 2.80. The number of H-pyrrole nitrogens is 1. The molecule has 0 aliphatic rings. The molecule has 1 N–H and O–H groups in total. The van der Waals surface area contributed by atoms with E-state index < -0.39 is 0 Å². The van der Waals surface area contributed by atoms with E-state index in [9.17, 15) is 0 Å². The summed E-state index contributed by atoms with van der Waals surface area (Å²) < 4.78 is 0. The Bertz CT molecular complexity index is 483. The Labute approximate surface area is 85.6 Å². The molecule has 0 fully saturated rings. The fraction of sp³-hybridized carbons (Fsp3) is 0.111. The zero-order chi connectivity index (χ0) is 10.5. The minimum atomic E-state index is 0.255. The zero-order valence-electron chi connectivity index (χ0n) is 7.83. The highest BCUT2D eigenvalue weighted by Gasteiger charge is 2.01. The summed E-state index contributed by atoms with van der Waals surface area (Å²) in [5, 5.41) is 3.45. The summed E-state index contributed by atoms with van der Waals surface area (Å²) in [5.74, 6) is 0.706. The lowest BCUT2D eigenvalue weighted by Gasteiger charge is -1.98. The summed E-state index contributed by atoms with van der Waals surface area (Å²) in [6, 6.07) is 5.51. The van der Waals surface area contributed by atoms with E-state index in [0.29, 0.717) is 5.82 Å². The van der Waals surface area contributed by atoms with Gasteiger partial charge in [0.15, 0.2) is 5.82 Å². The first kappa shape index (κ1) is 9.23. The number of pyridine rings is 1. The molecule has 2 aromatic rings. The van der Waals surface area contributed by atoms with Gasteiger partial charge in [0.1, 0.15) is 5.69 Å². The maximum absolute atomic E-state index is 8.19. The van der Waals surface area contributed by atoms with Gasteiger partial charge in [-0.3, -0.25) is 0 Å². The van der Waals surface area contributed by atoms with E-state index in [1.165, 1.54) is 0 Å². The Morgan fingerprint density at radius 3 is 3.13 bits per heavy atom. The average molecular weight is 200 g/mol. The molecule has 2 aromatic heterocycles. The molecule has 74 valence electrons. The third kappa shape index (κ3) is 2.12. The van der Waals surface area contributed by atoms with Gasteiger partial charge in [-0.25, -0.2) is 9.97 Å². The van der Waals surface area contributed by atoms with Crippen LogP contribution in [-0.4, -0.2) is 15.0 Å². The van der Waals surface area contributed by atoms with E-state index in [-0.39, 0.29) is 6.54 Å². The normalized spacial score (nSPS) is 9.60. The van der Waals surface area contributed by atoms with Crippen LogP contribution in [0.15, 0.2) is 35.7 Å². The van der Waals surface area contributed by atoms with Crippen molar-refractivity contribution in [2.75, 3.05) is 0 Å². The lowest BCUT2D eigenvalue weighted by atomic mass is 10.3. The van der Waals surface area contributed by atoms with Crippen LogP contribution in [0.4, 0.5) is 0 Å². The Hall–Kier alpha value is -2.33. The number of hydrogen-bond donors (Lipinski definition) is 1. The highest BCUT2D eigenvalue weighted by Crippen LogP contribution is 2.11. The number of aromatic nitrogens is 3. The molecule has 15 heavy (non-hydrogen) atoms. The molecule has 0 aromatic carbocycles. The van der Waals surface area contributed by atoms with Gasteiger partial charge >= 0.3 is 0 Å². The van der Waals surface area contributed by atoms with Crippen LogP contribution in [0.2, 0.25) is 0 Å². The van der Waals surface area contributed by atoms with Crippen molar-refractivity contribution < 1.29 is 0 Å². The molecular weight excluding hydrogens is 192 g/mol. The molecule has 6 heteroatoms. The first-order chi connectivity index (χ1) is 7.40. The van der Waals surface area contributed by atoms with Crippen molar-refractivity contribution in [3.8, 4) is 11.5 Å². The van der Waals surface area contributed by atoms with Crippen molar-refractivity contribution in [3.05, 3.63) is 46.7 Å². The second-order valence-electron chi connectivity index (χ2n) is 2.84. The largest absolute Gasteiger partial charge is 0.343 e. The molecule has 0 aliphatic carbocycles. The predicted molar refractivity (Wildman–Crippen MR) is 54.7 cm³/mol. The van der Waals surface area contributed by atoms with E-state index in [1.54, 1.807) is 18.5 Å². The lowest BCUT2D eigenvalue weighted by molar-refractivity contribution is 0.974. The van der Waals surface area contributed by atoms with Crippen LogP contribution in [0.25, 0.3) is 22.0 Å². The summed E-state index contributed by atoms with van der Waals surface area (Å²) in [6.07, 6.45) is 3.40.